The predicted molar refractivity (Wildman–Crippen MR) is 134 cm³/mol. The smallest absolute Gasteiger partial charge is 0.330 e. The molecule has 0 aromatic heterocycles. The standard InChI is InChI=1S/C29H29NO4/c1-33-25-18-16-24(17-19-25)30-28(23-14-11-22(12-15-23)13-20-27(31)34-2)26(29(30)32)10-6-9-21-7-4-3-5-8-21/h3-5,7-8,11-20,26,28H,6,9-10H2,1-2H3. The fourth-order valence-electron chi connectivity index (χ4n) is 4.45. The van der Waals surface area contributed by atoms with Crippen LogP contribution in [0.5, 0.6) is 5.75 Å². The molecule has 1 aliphatic rings. The summed E-state index contributed by atoms with van der Waals surface area (Å²) < 4.78 is 9.93. The number of methoxy groups -OCH3 is 2. The van der Waals surface area contributed by atoms with E-state index < -0.39 is 5.97 Å². The Morgan fingerprint density at radius 3 is 2.29 bits per heavy atom. The highest BCUT2D eigenvalue weighted by molar-refractivity contribution is 6.03. The normalized spacial score (nSPS) is 17.5. The van der Waals surface area contributed by atoms with Crippen LogP contribution in [0, 0.1) is 5.92 Å². The second kappa shape index (κ2) is 10.8. The zero-order valence-electron chi connectivity index (χ0n) is 19.5. The van der Waals surface area contributed by atoms with Gasteiger partial charge in [0.2, 0.25) is 5.91 Å². The van der Waals surface area contributed by atoms with E-state index >= 15 is 0 Å². The molecule has 1 heterocycles. The van der Waals surface area contributed by atoms with E-state index in [0.29, 0.717) is 0 Å². The monoisotopic (exact) mass is 455 g/mol. The van der Waals surface area contributed by atoms with Gasteiger partial charge in [-0.05, 0) is 66.3 Å². The highest BCUT2D eigenvalue weighted by Gasteiger charge is 2.48. The molecule has 174 valence electrons. The molecule has 2 unspecified atom stereocenters. The number of amides is 1. The first kappa shape index (κ1) is 23.3. The van der Waals surface area contributed by atoms with Gasteiger partial charge in [0.05, 0.1) is 26.2 Å². The maximum absolute atomic E-state index is 13.3. The Bertz CT molecular complexity index is 1140. The Hall–Kier alpha value is -3.86. The van der Waals surface area contributed by atoms with E-state index in [1.54, 1.807) is 13.2 Å². The lowest BCUT2D eigenvalue weighted by atomic mass is 9.78. The van der Waals surface area contributed by atoms with Crippen molar-refractivity contribution >= 4 is 23.6 Å². The highest BCUT2D eigenvalue weighted by Crippen LogP contribution is 2.46. The summed E-state index contributed by atoms with van der Waals surface area (Å²) in [6, 6.07) is 26.0. The Kier molecular flexibility index (Phi) is 7.43. The van der Waals surface area contributed by atoms with Crippen LogP contribution in [0.15, 0.2) is 84.9 Å². The molecule has 2 atom stereocenters. The second-order valence-electron chi connectivity index (χ2n) is 8.36. The summed E-state index contributed by atoms with van der Waals surface area (Å²) in [6.07, 6.45) is 5.86. The highest BCUT2D eigenvalue weighted by atomic mass is 16.5. The molecule has 34 heavy (non-hydrogen) atoms. The fraction of sp³-hybridized carbons (Fsp3) is 0.241. The number of anilines is 1. The lowest BCUT2D eigenvalue weighted by molar-refractivity contribution is -0.134. The summed E-state index contributed by atoms with van der Waals surface area (Å²) >= 11 is 0. The van der Waals surface area contributed by atoms with E-state index in [-0.39, 0.29) is 17.9 Å². The van der Waals surface area contributed by atoms with Gasteiger partial charge in [-0.2, -0.15) is 0 Å². The Labute approximate surface area is 200 Å². The number of hydrogen-bond acceptors (Lipinski definition) is 4. The lowest BCUT2D eigenvalue weighted by Gasteiger charge is -2.47. The molecular weight excluding hydrogens is 426 g/mol. The van der Waals surface area contributed by atoms with Gasteiger partial charge < -0.3 is 14.4 Å². The average molecular weight is 456 g/mol. The first-order valence-electron chi connectivity index (χ1n) is 11.5. The summed E-state index contributed by atoms with van der Waals surface area (Å²) in [5, 5.41) is 0. The van der Waals surface area contributed by atoms with Crippen LogP contribution in [0.4, 0.5) is 5.69 Å². The van der Waals surface area contributed by atoms with Crippen molar-refractivity contribution in [1.29, 1.82) is 0 Å². The summed E-state index contributed by atoms with van der Waals surface area (Å²) in [5.74, 6) is 0.451. The van der Waals surface area contributed by atoms with Gasteiger partial charge in [-0.15, -0.1) is 0 Å². The first-order chi connectivity index (χ1) is 16.6. The largest absolute Gasteiger partial charge is 0.497 e. The molecule has 0 bridgehead atoms. The molecule has 1 saturated heterocycles. The average Bonchev–Trinajstić information content (AvgIpc) is 2.89. The molecule has 5 nitrogen and oxygen atoms in total. The molecule has 3 aromatic carbocycles. The Morgan fingerprint density at radius 1 is 0.941 bits per heavy atom. The summed E-state index contributed by atoms with van der Waals surface area (Å²) in [4.78, 5) is 26.5. The van der Waals surface area contributed by atoms with Crippen LogP contribution in [0.3, 0.4) is 0 Å². The molecule has 1 aliphatic heterocycles. The second-order valence-corrected chi connectivity index (χ2v) is 8.36. The minimum atomic E-state index is -0.391. The SMILES string of the molecule is COC(=O)C=Cc1ccc(C2C(CCCc3ccccc3)C(=O)N2c2ccc(OC)cc2)cc1. The molecule has 4 rings (SSSR count). The molecular formula is C29H29NO4. The van der Waals surface area contributed by atoms with Crippen LogP contribution in [0.1, 0.15) is 35.6 Å². The van der Waals surface area contributed by atoms with Crippen LogP contribution in [0.2, 0.25) is 0 Å². The number of β-lactam (4-membered cyclic amide) rings is 1. The molecule has 5 heteroatoms. The van der Waals surface area contributed by atoms with Gasteiger partial charge in [0.1, 0.15) is 5.75 Å². The van der Waals surface area contributed by atoms with Crippen molar-refractivity contribution in [3.63, 3.8) is 0 Å². The zero-order chi connectivity index (χ0) is 23.9. The predicted octanol–water partition coefficient (Wildman–Crippen LogP) is 5.61. The van der Waals surface area contributed by atoms with Gasteiger partial charge in [-0.3, -0.25) is 4.79 Å². The van der Waals surface area contributed by atoms with Crippen LogP contribution in [0.25, 0.3) is 6.08 Å². The minimum absolute atomic E-state index is 0.0321. The van der Waals surface area contributed by atoms with Crippen molar-refractivity contribution in [1.82, 2.24) is 0 Å². The van der Waals surface area contributed by atoms with Gasteiger partial charge in [0.25, 0.3) is 0 Å². The van der Waals surface area contributed by atoms with Gasteiger partial charge in [-0.25, -0.2) is 4.79 Å². The van der Waals surface area contributed by atoms with Crippen molar-refractivity contribution in [2.75, 3.05) is 19.1 Å². The van der Waals surface area contributed by atoms with Gasteiger partial charge in [-0.1, -0.05) is 54.6 Å². The first-order valence-corrected chi connectivity index (χ1v) is 11.5. The van der Waals surface area contributed by atoms with Crippen LogP contribution in [-0.2, 0) is 20.7 Å². The van der Waals surface area contributed by atoms with Crippen molar-refractivity contribution in [2.24, 2.45) is 5.92 Å². The van der Waals surface area contributed by atoms with E-state index in [1.807, 2.05) is 71.6 Å². The Balaban J connectivity index is 1.54. The summed E-state index contributed by atoms with van der Waals surface area (Å²) in [5.41, 5.74) is 4.14. The van der Waals surface area contributed by atoms with Crippen molar-refractivity contribution < 1.29 is 19.1 Å². The topological polar surface area (TPSA) is 55.8 Å². The minimum Gasteiger partial charge on any atom is -0.497 e. The number of rotatable bonds is 9. The molecule has 3 aromatic rings. The third-order valence-corrected chi connectivity index (χ3v) is 6.28. The number of esters is 1. The van der Waals surface area contributed by atoms with Crippen molar-refractivity contribution in [2.45, 2.75) is 25.3 Å². The number of hydrogen-bond donors (Lipinski definition) is 0. The molecule has 0 aliphatic carbocycles. The lowest BCUT2D eigenvalue weighted by Crippen LogP contribution is -2.55. The quantitative estimate of drug-likeness (QED) is 0.239. The third-order valence-electron chi connectivity index (χ3n) is 6.28. The van der Waals surface area contributed by atoms with Gasteiger partial charge >= 0.3 is 5.97 Å². The van der Waals surface area contributed by atoms with Crippen LogP contribution >= 0.6 is 0 Å². The molecule has 0 N–H and O–H groups in total. The molecule has 0 saturated carbocycles. The number of ether oxygens (including phenoxy) is 2. The van der Waals surface area contributed by atoms with Gasteiger partial charge in [0, 0.05) is 11.8 Å². The molecule has 1 amide bonds. The summed E-state index contributed by atoms with van der Waals surface area (Å²) in [6.45, 7) is 0. The fourth-order valence-corrected chi connectivity index (χ4v) is 4.45. The van der Waals surface area contributed by atoms with Gasteiger partial charge in [0.15, 0.2) is 0 Å². The van der Waals surface area contributed by atoms with E-state index in [4.69, 9.17) is 4.74 Å². The number of aryl methyl sites for hydroxylation is 1. The van der Waals surface area contributed by atoms with E-state index in [1.165, 1.54) is 18.7 Å². The molecule has 0 spiro atoms. The van der Waals surface area contributed by atoms with Crippen LogP contribution in [-0.4, -0.2) is 26.1 Å². The molecule has 0 radical (unpaired) electrons. The Morgan fingerprint density at radius 2 is 1.65 bits per heavy atom. The number of carbonyl (C=O) groups is 2. The van der Waals surface area contributed by atoms with E-state index in [2.05, 4.69) is 16.9 Å². The van der Waals surface area contributed by atoms with Crippen LogP contribution < -0.4 is 9.64 Å². The number of carbonyl (C=O) groups excluding carboxylic acids is 2. The third kappa shape index (κ3) is 5.20. The van der Waals surface area contributed by atoms with E-state index in [9.17, 15) is 9.59 Å². The van der Waals surface area contributed by atoms with E-state index in [0.717, 1.165) is 41.8 Å². The number of benzene rings is 3. The zero-order valence-corrected chi connectivity index (χ0v) is 19.5. The maximum atomic E-state index is 13.3. The summed E-state index contributed by atoms with van der Waals surface area (Å²) in [7, 11) is 2.99. The number of nitrogens with zero attached hydrogens (tertiary/aromatic N) is 1. The van der Waals surface area contributed by atoms with Crippen molar-refractivity contribution in [3.8, 4) is 5.75 Å². The maximum Gasteiger partial charge on any atom is 0.330 e. The molecule has 1 fully saturated rings. The van der Waals surface area contributed by atoms with Crippen molar-refractivity contribution in [3.05, 3.63) is 102 Å².